The van der Waals surface area contributed by atoms with Crippen molar-refractivity contribution >= 4 is 27.5 Å². The number of carbonyl (C=O) groups excluding carboxylic acids is 1. The van der Waals surface area contributed by atoms with Gasteiger partial charge < -0.3 is 10.2 Å². The fourth-order valence-electron chi connectivity index (χ4n) is 1.43. The van der Waals surface area contributed by atoms with Crippen LogP contribution in [0, 0.1) is 10.1 Å². The van der Waals surface area contributed by atoms with Crippen LogP contribution in [-0.2, 0) is 0 Å². The standard InChI is InChI=1S/C11H7BrN2O4/c12-8-5-6(14(16)17)1-2-7(8)9-3-4-10(18-9)11(13)15/h1-5H,(H2,13,15). The van der Waals surface area contributed by atoms with E-state index in [1.807, 2.05) is 0 Å². The van der Waals surface area contributed by atoms with Crippen LogP contribution in [0.25, 0.3) is 11.3 Å². The Morgan fingerprint density at radius 1 is 1.33 bits per heavy atom. The van der Waals surface area contributed by atoms with Gasteiger partial charge in [-0.2, -0.15) is 0 Å². The van der Waals surface area contributed by atoms with Gasteiger partial charge in [0.2, 0.25) is 0 Å². The van der Waals surface area contributed by atoms with E-state index in [0.29, 0.717) is 15.8 Å². The fraction of sp³-hybridized carbons (Fsp3) is 0. The highest BCUT2D eigenvalue weighted by atomic mass is 79.9. The molecule has 2 aromatic rings. The molecule has 0 unspecified atom stereocenters. The van der Waals surface area contributed by atoms with Crippen molar-refractivity contribution in [2.75, 3.05) is 0 Å². The Morgan fingerprint density at radius 2 is 2.06 bits per heavy atom. The number of nitrogens with two attached hydrogens (primary N) is 1. The highest BCUT2D eigenvalue weighted by Crippen LogP contribution is 2.32. The fourth-order valence-corrected chi connectivity index (χ4v) is 1.99. The molecule has 0 saturated carbocycles. The van der Waals surface area contributed by atoms with Gasteiger partial charge >= 0.3 is 0 Å². The van der Waals surface area contributed by atoms with Crippen molar-refractivity contribution in [3.05, 3.63) is 50.7 Å². The third-order valence-corrected chi connectivity index (χ3v) is 2.93. The SMILES string of the molecule is NC(=O)c1ccc(-c2ccc([N+](=O)[O-])cc2Br)o1. The van der Waals surface area contributed by atoms with E-state index in [1.54, 1.807) is 6.07 Å². The molecule has 92 valence electrons. The molecule has 2 rings (SSSR count). The first-order chi connectivity index (χ1) is 8.49. The summed E-state index contributed by atoms with van der Waals surface area (Å²) in [6, 6.07) is 7.28. The van der Waals surface area contributed by atoms with Gasteiger partial charge in [-0.15, -0.1) is 0 Å². The van der Waals surface area contributed by atoms with Gasteiger partial charge in [-0.3, -0.25) is 14.9 Å². The molecule has 0 bridgehead atoms. The molecular formula is C11H7BrN2O4. The van der Waals surface area contributed by atoms with Crippen molar-refractivity contribution in [2.45, 2.75) is 0 Å². The summed E-state index contributed by atoms with van der Waals surface area (Å²) in [6.07, 6.45) is 0. The number of halogens is 1. The Kier molecular flexibility index (Phi) is 3.15. The number of nitrogens with zero attached hydrogens (tertiary/aromatic N) is 1. The third kappa shape index (κ3) is 2.25. The molecule has 0 aliphatic carbocycles. The zero-order valence-corrected chi connectivity index (χ0v) is 10.5. The highest BCUT2D eigenvalue weighted by Gasteiger charge is 2.14. The predicted octanol–water partition coefficient (Wildman–Crippen LogP) is 2.72. The Bertz CT molecular complexity index is 636. The monoisotopic (exact) mass is 310 g/mol. The van der Waals surface area contributed by atoms with Crippen LogP contribution in [0.1, 0.15) is 10.6 Å². The minimum absolute atomic E-state index is 0.0349. The Morgan fingerprint density at radius 3 is 2.56 bits per heavy atom. The molecular weight excluding hydrogens is 304 g/mol. The van der Waals surface area contributed by atoms with E-state index >= 15 is 0 Å². The zero-order chi connectivity index (χ0) is 13.3. The topological polar surface area (TPSA) is 99.4 Å². The van der Waals surface area contributed by atoms with E-state index in [-0.39, 0.29) is 11.4 Å². The van der Waals surface area contributed by atoms with Crippen LogP contribution in [-0.4, -0.2) is 10.8 Å². The number of furan rings is 1. The second-order valence-corrected chi connectivity index (χ2v) is 4.30. The molecule has 1 heterocycles. The molecule has 0 saturated heterocycles. The minimum Gasteiger partial charge on any atom is -0.451 e. The average molecular weight is 311 g/mol. The Hall–Kier alpha value is -2.15. The van der Waals surface area contributed by atoms with Crippen molar-refractivity contribution in [1.29, 1.82) is 0 Å². The molecule has 18 heavy (non-hydrogen) atoms. The van der Waals surface area contributed by atoms with Gasteiger partial charge in [0, 0.05) is 22.2 Å². The molecule has 7 heteroatoms. The van der Waals surface area contributed by atoms with Gasteiger partial charge in [0.25, 0.3) is 11.6 Å². The lowest BCUT2D eigenvalue weighted by molar-refractivity contribution is -0.384. The molecule has 6 nitrogen and oxygen atoms in total. The van der Waals surface area contributed by atoms with Crippen LogP contribution in [0.5, 0.6) is 0 Å². The van der Waals surface area contributed by atoms with Gasteiger partial charge in [0.1, 0.15) is 5.76 Å². The van der Waals surface area contributed by atoms with Crippen LogP contribution in [0.4, 0.5) is 5.69 Å². The van der Waals surface area contributed by atoms with Crippen molar-refractivity contribution < 1.29 is 14.1 Å². The molecule has 1 aromatic carbocycles. The van der Waals surface area contributed by atoms with E-state index in [0.717, 1.165) is 0 Å². The number of primary amides is 1. The van der Waals surface area contributed by atoms with Crippen LogP contribution in [0.2, 0.25) is 0 Å². The zero-order valence-electron chi connectivity index (χ0n) is 8.92. The van der Waals surface area contributed by atoms with Crippen molar-refractivity contribution in [1.82, 2.24) is 0 Å². The van der Waals surface area contributed by atoms with Gasteiger partial charge in [-0.05, 0) is 34.1 Å². The number of carbonyl (C=O) groups is 1. The summed E-state index contributed by atoms with van der Waals surface area (Å²) in [5.41, 5.74) is 5.64. The maximum absolute atomic E-state index is 10.9. The van der Waals surface area contributed by atoms with E-state index in [9.17, 15) is 14.9 Å². The minimum atomic E-state index is -0.667. The summed E-state index contributed by atoms with van der Waals surface area (Å²) < 4.78 is 5.74. The Labute approximate surface area is 110 Å². The molecule has 0 radical (unpaired) electrons. The number of benzene rings is 1. The molecule has 0 aliphatic rings. The van der Waals surface area contributed by atoms with Gasteiger partial charge in [-0.1, -0.05) is 0 Å². The van der Waals surface area contributed by atoms with E-state index in [2.05, 4.69) is 15.9 Å². The first-order valence-corrected chi connectivity index (χ1v) is 5.62. The van der Waals surface area contributed by atoms with Crippen LogP contribution in [0.15, 0.2) is 39.2 Å². The second kappa shape index (κ2) is 4.61. The molecule has 1 amide bonds. The second-order valence-electron chi connectivity index (χ2n) is 3.45. The lowest BCUT2D eigenvalue weighted by Crippen LogP contribution is -2.09. The lowest BCUT2D eigenvalue weighted by atomic mass is 10.1. The van der Waals surface area contributed by atoms with Gasteiger partial charge in [0.05, 0.1) is 4.92 Å². The molecule has 0 spiro atoms. The van der Waals surface area contributed by atoms with Crippen molar-refractivity contribution in [3.8, 4) is 11.3 Å². The van der Waals surface area contributed by atoms with Crippen LogP contribution in [0.3, 0.4) is 0 Å². The number of nitro benzene ring substituents is 1. The lowest BCUT2D eigenvalue weighted by Gasteiger charge is -2.00. The average Bonchev–Trinajstić information content (AvgIpc) is 2.78. The molecule has 0 fully saturated rings. The van der Waals surface area contributed by atoms with Crippen molar-refractivity contribution in [3.63, 3.8) is 0 Å². The smallest absolute Gasteiger partial charge is 0.284 e. The Balaban J connectivity index is 2.44. The third-order valence-electron chi connectivity index (χ3n) is 2.28. The largest absolute Gasteiger partial charge is 0.451 e. The summed E-state index contributed by atoms with van der Waals surface area (Å²) in [4.78, 5) is 21.0. The van der Waals surface area contributed by atoms with Gasteiger partial charge in [0.15, 0.2) is 5.76 Å². The van der Waals surface area contributed by atoms with E-state index in [1.165, 1.54) is 24.3 Å². The maximum atomic E-state index is 10.9. The summed E-state index contributed by atoms with van der Waals surface area (Å²) >= 11 is 3.22. The molecule has 0 aliphatic heterocycles. The number of amides is 1. The quantitative estimate of drug-likeness (QED) is 0.695. The summed E-state index contributed by atoms with van der Waals surface area (Å²) in [5, 5.41) is 10.6. The number of non-ortho nitro benzene ring substituents is 1. The highest BCUT2D eigenvalue weighted by molar-refractivity contribution is 9.10. The summed E-state index contributed by atoms with van der Waals surface area (Å²) in [5.74, 6) is -0.222. The summed E-state index contributed by atoms with van der Waals surface area (Å²) in [7, 11) is 0. The first-order valence-electron chi connectivity index (χ1n) is 4.83. The molecule has 1 aromatic heterocycles. The van der Waals surface area contributed by atoms with Gasteiger partial charge in [-0.25, -0.2) is 0 Å². The predicted molar refractivity (Wildman–Crippen MR) is 67.0 cm³/mol. The first kappa shape index (κ1) is 12.3. The normalized spacial score (nSPS) is 10.3. The van der Waals surface area contributed by atoms with Crippen LogP contribution >= 0.6 is 15.9 Å². The van der Waals surface area contributed by atoms with Crippen molar-refractivity contribution in [2.24, 2.45) is 5.73 Å². The molecule has 0 atom stereocenters. The summed E-state index contributed by atoms with van der Waals surface area (Å²) in [6.45, 7) is 0. The number of hydrogen-bond donors (Lipinski definition) is 1. The number of hydrogen-bond acceptors (Lipinski definition) is 4. The number of nitro groups is 1. The maximum Gasteiger partial charge on any atom is 0.284 e. The van der Waals surface area contributed by atoms with E-state index in [4.69, 9.17) is 10.2 Å². The van der Waals surface area contributed by atoms with E-state index < -0.39 is 10.8 Å². The van der Waals surface area contributed by atoms with Crippen LogP contribution < -0.4 is 5.73 Å². The molecule has 2 N–H and O–H groups in total. The number of rotatable bonds is 3.